The van der Waals surface area contributed by atoms with Gasteiger partial charge in [-0.1, -0.05) is 18.5 Å². The molecule has 3 nitrogen and oxygen atoms in total. The van der Waals surface area contributed by atoms with Crippen LogP contribution in [0.15, 0.2) is 5.16 Å². The first-order valence-corrected chi connectivity index (χ1v) is 3.65. The first kappa shape index (κ1) is 9.43. The highest BCUT2D eigenvalue weighted by atomic mass is 16.4. The van der Waals surface area contributed by atoms with Crippen molar-refractivity contribution in [3.63, 3.8) is 0 Å². The molecule has 0 saturated carbocycles. The van der Waals surface area contributed by atoms with E-state index in [1.54, 1.807) is 0 Å². The van der Waals surface area contributed by atoms with E-state index >= 15 is 0 Å². The lowest BCUT2D eigenvalue weighted by Gasteiger charge is -1.98. The minimum absolute atomic E-state index is 0.169. The number of aliphatic hydroxyl groups is 1. The summed E-state index contributed by atoms with van der Waals surface area (Å²) < 4.78 is 0. The Labute approximate surface area is 61.4 Å². The molecule has 0 fully saturated rings. The van der Waals surface area contributed by atoms with Gasteiger partial charge >= 0.3 is 0 Å². The third-order valence-corrected chi connectivity index (χ3v) is 1.30. The van der Waals surface area contributed by atoms with E-state index in [-0.39, 0.29) is 6.61 Å². The van der Waals surface area contributed by atoms with Gasteiger partial charge < -0.3 is 10.3 Å². The highest BCUT2D eigenvalue weighted by Gasteiger charge is 1.96. The summed E-state index contributed by atoms with van der Waals surface area (Å²) in [6.45, 7) is 2.20. The largest absolute Gasteiger partial charge is 0.411 e. The summed E-state index contributed by atoms with van der Waals surface area (Å²) in [7, 11) is 0. The minimum Gasteiger partial charge on any atom is -0.411 e. The van der Waals surface area contributed by atoms with E-state index in [1.165, 1.54) is 0 Å². The van der Waals surface area contributed by atoms with Crippen LogP contribution in [-0.2, 0) is 0 Å². The van der Waals surface area contributed by atoms with Crippen molar-refractivity contribution in [2.24, 2.45) is 5.16 Å². The molecular weight excluding hydrogens is 130 g/mol. The van der Waals surface area contributed by atoms with E-state index in [0.29, 0.717) is 12.8 Å². The molecule has 0 aromatic carbocycles. The maximum absolute atomic E-state index is 8.44. The molecule has 0 unspecified atom stereocenters. The molecule has 0 aliphatic carbocycles. The second-order valence-corrected chi connectivity index (χ2v) is 2.24. The predicted octanol–water partition coefficient (Wildman–Crippen LogP) is 1.39. The summed E-state index contributed by atoms with van der Waals surface area (Å²) in [6.07, 6.45) is 3.22. The summed E-state index contributed by atoms with van der Waals surface area (Å²) in [6, 6.07) is 0. The topological polar surface area (TPSA) is 52.8 Å². The van der Waals surface area contributed by atoms with Crippen LogP contribution in [0.3, 0.4) is 0 Å². The fraction of sp³-hybridized carbons (Fsp3) is 0.857. The molecule has 0 aromatic rings. The van der Waals surface area contributed by atoms with E-state index in [4.69, 9.17) is 10.3 Å². The SMILES string of the molecule is CCC/C(CCCO)=N/O. The summed E-state index contributed by atoms with van der Waals surface area (Å²) in [5.74, 6) is 0. The second-order valence-electron chi connectivity index (χ2n) is 2.24. The van der Waals surface area contributed by atoms with Gasteiger partial charge in [-0.3, -0.25) is 0 Å². The monoisotopic (exact) mass is 145 g/mol. The van der Waals surface area contributed by atoms with E-state index in [9.17, 15) is 0 Å². The fourth-order valence-electron chi connectivity index (χ4n) is 0.797. The zero-order chi connectivity index (χ0) is 7.82. The lowest BCUT2D eigenvalue weighted by molar-refractivity contribution is 0.287. The van der Waals surface area contributed by atoms with Crippen LogP contribution in [0.5, 0.6) is 0 Å². The van der Waals surface area contributed by atoms with Crippen LogP contribution in [-0.4, -0.2) is 22.6 Å². The molecule has 0 bridgehead atoms. The third-order valence-electron chi connectivity index (χ3n) is 1.30. The van der Waals surface area contributed by atoms with E-state index in [0.717, 1.165) is 18.6 Å². The van der Waals surface area contributed by atoms with Gasteiger partial charge in [0.05, 0.1) is 5.71 Å². The third kappa shape index (κ3) is 4.32. The summed E-state index contributed by atoms with van der Waals surface area (Å²) >= 11 is 0. The molecule has 0 aliphatic heterocycles. The van der Waals surface area contributed by atoms with Crippen LogP contribution < -0.4 is 0 Å². The van der Waals surface area contributed by atoms with Gasteiger partial charge in [-0.05, 0) is 19.3 Å². The maximum atomic E-state index is 8.44. The molecule has 0 aromatic heterocycles. The Morgan fingerprint density at radius 3 is 2.50 bits per heavy atom. The summed E-state index contributed by atoms with van der Waals surface area (Å²) in [5.41, 5.74) is 0.788. The van der Waals surface area contributed by atoms with Gasteiger partial charge in [-0.15, -0.1) is 0 Å². The van der Waals surface area contributed by atoms with Crippen LogP contribution in [0.25, 0.3) is 0 Å². The molecule has 3 heteroatoms. The van der Waals surface area contributed by atoms with E-state index in [2.05, 4.69) is 5.16 Å². The molecule has 0 amide bonds. The van der Waals surface area contributed by atoms with Gasteiger partial charge in [-0.2, -0.15) is 0 Å². The van der Waals surface area contributed by atoms with Crippen molar-refractivity contribution >= 4 is 5.71 Å². The number of rotatable bonds is 5. The van der Waals surface area contributed by atoms with Crippen LogP contribution in [0.4, 0.5) is 0 Å². The Morgan fingerprint density at radius 1 is 1.40 bits per heavy atom. The van der Waals surface area contributed by atoms with Crippen molar-refractivity contribution in [3.05, 3.63) is 0 Å². The number of oxime groups is 1. The normalized spacial score (nSPS) is 12.0. The average molecular weight is 145 g/mol. The number of hydrogen-bond acceptors (Lipinski definition) is 3. The first-order chi connectivity index (χ1) is 4.85. The fourth-order valence-corrected chi connectivity index (χ4v) is 0.797. The van der Waals surface area contributed by atoms with Gasteiger partial charge in [-0.25, -0.2) is 0 Å². The Bertz CT molecular complexity index is 102. The lowest BCUT2D eigenvalue weighted by Crippen LogP contribution is -1.99. The summed E-state index contributed by atoms with van der Waals surface area (Å²) in [5, 5.41) is 20.0. The van der Waals surface area contributed by atoms with Crippen molar-refractivity contribution < 1.29 is 10.3 Å². The molecule has 0 saturated heterocycles. The Morgan fingerprint density at radius 2 is 2.10 bits per heavy atom. The van der Waals surface area contributed by atoms with Crippen molar-refractivity contribution in [2.45, 2.75) is 32.6 Å². The van der Waals surface area contributed by atoms with Gasteiger partial charge in [0, 0.05) is 6.61 Å². The molecule has 0 aliphatic rings. The van der Waals surface area contributed by atoms with Crippen LogP contribution in [0, 0.1) is 0 Å². The number of nitrogens with zero attached hydrogens (tertiary/aromatic N) is 1. The standard InChI is InChI=1S/C7H15NO2/c1-2-4-7(8-10)5-3-6-9/h9-10H,2-6H2,1H3/b8-7-. The van der Waals surface area contributed by atoms with Gasteiger partial charge in [0.2, 0.25) is 0 Å². The van der Waals surface area contributed by atoms with Crippen molar-refractivity contribution in [1.29, 1.82) is 0 Å². The molecule has 0 atom stereocenters. The Kier molecular flexibility index (Phi) is 6.18. The Hall–Kier alpha value is -0.570. The molecular formula is C7H15NO2. The van der Waals surface area contributed by atoms with E-state index < -0.39 is 0 Å². The van der Waals surface area contributed by atoms with Gasteiger partial charge in [0.15, 0.2) is 0 Å². The Balaban J connectivity index is 3.41. The molecule has 0 spiro atoms. The highest BCUT2D eigenvalue weighted by Crippen LogP contribution is 1.99. The van der Waals surface area contributed by atoms with Gasteiger partial charge in [0.1, 0.15) is 0 Å². The van der Waals surface area contributed by atoms with Crippen LogP contribution in [0.1, 0.15) is 32.6 Å². The van der Waals surface area contributed by atoms with Crippen molar-refractivity contribution in [3.8, 4) is 0 Å². The smallest absolute Gasteiger partial charge is 0.0571 e. The second kappa shape index (κ2) is 6.55. The van der Waals surface area contributed by atoms with Crippen molar-refractivity contribution in [1.82, 2.24) is 0 Å². The average Bonchev–Trinajstić information content (AvgIpc) is 1.98. The van der Waals surface area contributed by atoms with Crippen molar-refractivity contribution in [2.75, 3.05) is 6.61 Å². The molecule has 0 heterocycles. The predicted molar refractivity (Wildman–Crippen MR) is 40.4 cm³/mol. The lowest BCUT2D eigenvalue weighted by atomic mass is 10.1. The zero-order valence-electron chi connectivity index (χ0n) is 6.38. The minimum atomic E-state index is 0.169. The van der Waals surface area contributed by atoms with Crippen LogP contribution >= 0.6 is 0 Å². The molecule has 60 valence electrons. The van der Waals surface area contributed by atoms with Gasteiger partial charge in [0.25, 0.3) is 0 Å². The maximum Gasteiger partial charge on any atom is 0.0571 e. The quantitative estimate of drug-likeness (QED) is 0.349. The molecule has 0 radical (unpaired) electrons. The zero-order valence-corrected chi connectivity index (χ0v) is 6.38. The summed E-state index contributed by atoms with van der Waals surface area (Å²) in [4.78, 5) is 0. The highest BCUT2D eigenvalue weighted by molar-refractivity contribution is 5.83. The number of aliphatic hydroxyl groups excluding tert-OH is 1. The molecule has 2 N–H and O–H groups in total. The molecule has 0 rings (SSSR count). The van der Waals surface area contributed by atoms with E-state index in [1.807, 2.05) is 6.92 Å². The first-order valence-electron chi connectivity index (χ1n) is 3.65. The number of hydrogen-bond donors (Lipinski definition) is 2. The van der Waals surface area contributed by atoms with Crippen LogP contribution in [0.2, 0.25) is 0 Å². The molecule has 10 heavy (non-hydrogen) atoms.